The SMILES string of the molecule is CN(C)c1nc(C2CCNC(c3ccccc3)C2)c2[nH]ccc2n1. The minimum atomic E-state index is 0.382. The Morgan fingerprint density at radius 1 is 1.08 bits per heavy atom. The van der Waals surface area contributed by atoms with E-state index in [1.54, 1.807) is 0 Å². The van der Waals surface area contributed by atoms with E-state index in [1.165, 1.54) is 5.56 Å². The van der Waals surface area contributed by atoms with Gasteiger partial charge in [-0.05, 0) is 31.0 Å². The van der Waals surface area contributed by atoms with Crippen LogP contribution in [0.2, 0.25) is 0 Å². The highest BCUT2D eigenvalue weighted by molar-refractivity contribution is 5.79. The van der Waals surface area contributed by atoms with Crippen LogP contribution in [0, 0.1) is 0 Å². The van der Waals surface area contributed by atoms with Crippen molar-refractivity contribution in [3.05, 3.63) is 53.9 Å². The Morgan fingerprint density at radius 2 is 1.92 bits per heavy atom. The molecule has 3 aromatic rings. The Balaban J connectivity index is 1.70. The summed E-state index contributed by atoms with van der Waals surface area (Å²) in [6, 6.07) is 13.1. The molecule has 5 nitrogen and oxygen atoms in total. The monoisotopic (exact) mass is 321 g/mol. The maximum absolute atomic E-state index is 4.88. The van der Waals surface area contributed by atoms with Crippen LogP contribution in [-0.2, 0) is 0 Å². The molecule has 2 atom stereocenters. The molecular formula is C19H23N5. The number of H-pyrrole nitrogens is 1. The van der Waals surface area contributed by atoms with Crippen LogP contribution >= 0.6 is 0 Å². The molecule has 0 amide bonds. The van der Waals surface area contributed by atoms with Crippen molar-refractivity contribution in [2.45, 2.75) is 24.8 Å². The van der Waals surface area contributed by atoms with E-state index in [2.05, 4.69) is 45.6 Å². The molecule has 1 fully saturated rings. The Labute approximate surface area is 142 Å². The van der Waals surface area contributed by atoms with Gasteiger partial charge in [0.1, 0.15) is 0 Å². The van der Waals surface area contributed by atoms with Gasteiger partial charge in [-0.3, -0.25) is 0 Å². The molecule has 124 valence electrons. The number of aromatic nitrogens is 3. The molecule has 4 rings (SSSR count). The van der Waals surface area contributed by atoms with Gasteiger partial charge in [-0.15, -0.1) is 0 Å². The summed E-state index contributed by atoms with van der Waals surface area (Å²) in [6.07, 6.45) is 4.11. The molecule has 1 saturated heterocycles. The van der Waals surface area contributed by atoms with Crippen molar-refractivity contribution in [3.8, 4) is 0 Å². The van der Waals surface area contributed by atoms with Crippen LogP contribution in [0.5, 0.6) is 0 Å². The summed E-state index contributed by atoms with van der Waals surface area (Å²) in [5, 5.41) is 3.65. The van der Waals surface area contributed by atoms with Gasteiger partial charge in [0.25, 0.3) is 0 Å². The van der Waals surface area contributed by atoms with Crippen molar-refractivity contribution in [1.82, 2.24) is 20.3 Å². The fraction of sp³-hybridized carbons (Fsp3) is 0.368. The van der Waals surface area contributed by atoms with E-state index in [0.717, 1.165) is 42.1 Å². The lowest BCUT2D eigenvalue weighted by Crippen LogP contribution is -2.31. The molecule has 0 saturated carbocycles. The van der Waals surface area contributed by atoms with Crippen molar-refractivity contribution in [1.29, 1.82) is 0 Å². The third-order valence-electron chi connectivity index (χ3n) is 4.81. The first kappa shape index (κ1) is 15.1. The zero-order chi connectivity index (χ0) is 16.5. The number of benzene rings is 1. The molecule has 2 aromatic heterocycles. The number of nitrogens with one attached hydrogen (secondary N) is 2. The highest BCUT2D eigenvalue weighted by Gasteiger charge is 2.27. The fourth-order valence-corrected chi connectivity index (χ4v) is 3.56. The van der Waals surface area contributed by atoms with Crippen molar-refractivity contribution in [3.63, 3.8) is 0 Å². The molecular weight excluding hydrogens is 298 g/mol. The number of fused-ring (bicyclic) bond motifs is 1. The van der Waals surface area contributed by atoms with Gasteiger partial charge in [0.2, 0.25) is 5.95 Å². The lowest BCUT2D eigenvalue weighted by atomic mass is 9.86. The first-order chi connectivity index (χ1) is 11.7. The summed E-state index contributed by atoms with van der Waals surface area (Å²) < 4.78 is 0. The molecule has 2 N–H and O–H groups in total. The molecule has 3 heterocycles. The fourth-order valence-electron chi connectivity index (χ4n) is 3.56. The molecule has 24 heavy (non-hydrogen) atoms. The minimum Gasteiger partial charge on any atom is -0.358 e. The van der Waals surface area contributed by atoms with Crippen molar-refractivity contribution in [2.75, 3.05) is 25.5 Å². The number of hydrogen-bond acceptors (Lipinski definition) is 4. The molecule has 1 aromatic carbocycles. The van der Waals surface area contributed by atoms with E-state index in [0.29, 0.717) is 12.0 Å². The molecule has 1 aliphatic heterocycles. The van der Waals surface area contributed by atoms with Crippen LogP contribution in [0.4, 0.5) is 5.95 Å². The zero-order valence-corrected chi connectivity index (χ0v) is 14.2. The number of nitrogens with zero attached hydrogens (tertiary/aromatic N) is 3. The maximum atomic E-state index is 4.88. The Hall–Kier alpha value is -2.40. The topological polar surface area (TPSA) is 56.8 Å². The van der Waals surface area contributed by atoms with E-state index in [-0.39, 0.29) is 0 Å². The Bertz CT molecular complexity index is 824. The van der Waals surface area contributed by atoms with Crippen molar-refractivity contribution in [2.24, 2.45) is 0 Å². The van der Waals surface area contributed by atoms with Crippen LogP contribution in [0.15, 0.2) is 42.6 Å². The molecule has 0 aliphatic carbocycles. The standard InChI is InChI=1S/C19H23N5/c1-24(2)19-22-15-9-11-21-18(15)17(23-19)14-8-10-20-16(12-14)13-6-4-3-5-7-13/h3-7,9,11,14,16,20-21H,8,10,12H2,1-2H3. The Kier molecular flexibility index (Phi) is 3.94. The summed E-state index contributed by atoms with van der Waals surface area (Å²) in [7, 11) is 3.99. The number of rotatable bonds is 3. The summed E-state index contributed by atoms with van der Waals surface area (Å²) >= 11 is 0. The predicted octanol–water partition coefficient (Wildman–Crippen LogP) is 3.23. The summed E-state index contributed by atoms with van der Waals surface area (Å²) in [4.78, 5) is 14.8. The first-order valence-electron chi connectivity index (χ1n) is 8.53. The summed E-state index contributed by atoms with van der Waals surface area (Å²) in [5.74, 6) is 1.21. The normalized spacial score (nSPS) is 21.1. The van der Waals surface area contributed by atoms with Crippen LogP contribution in [0.3, 0.4) is 0 Å². The molecule has 0 radical (unpaired) electrons. The number of hydrogen-bond donors (Lipinski definition) is 2. The van der Waals surface area contributed by atoms with Crippen LogP contribution in [-0.4, -0.2) is 35.6 Å². The second-order valence-electron chi connectivity index (χ2n) is 6.68. The Morgan fingerprint density at radius 3 is 2.71 bits per heavy atom. The van der Waals surface area contributed by atoms with Gasteiger partial charge >= 0.3 is 0 Å². The molecule has 2 unspecified atom stereocenters. The quantitative estimate of drug-likeness (QED) is 0.777. The minimum absolute atomic E-state index is 0.382. The molecule has 0 spiro atoms. The lowest BCUT2D eigenvalue weighted by Gasteiger charge is -2.31. The van der Waals surface area contributed by atoms with Gasteiger partial charge < -0.3 is 15.2 Å². The van der Waals surface area contributed by atoms with Gasteiger partial charge in [0.15, 0.2) is 0 Å². The average Bonchev–Trinajstić information content (AvgIpc) is 3.10. The van der Waals surface area contributed by atoms with E-state index in [1.807, 2.05) is 31.3 Å². The van der Waals surface area contributed by atoms with Crippen LogP contribution in [0.1, 0.15) is 36.1 Å². The van der Waals surface area contributed by atoms with E-state index in [4.69, 9.17) is 4.98 Å². The van der Waals surface area contributed by atoms with Gasteiger partial charge in [-0.2, -0.15) is 0 Å². The maximum Gasteiger partial charge on any atom is 0.225 e. The van der Waals surface area contributed by atoms with E-state index >= 15 is 0 Å². The van der Waals surface area contributed by atoms with Gasteiger partial charge in [0.05, 0.1) is 16.7 Å². The first-order valence-corrected chi connectivity index (χ1v) is 8.53. The molecule has 1 aliphatic rings. The van der Waals surface area contributed by atoms with Gasteiger partial charge in [-0.25, -0.2) is 9.97 Å². The summed E-state index contributed by atoms with van der Waals surface area (Å²) in [6.45, 7) is 1.01. The smallest absolute Gasteiger partial charge is 0.225 e. The highest BCUT2D eigenvalue weighted by Crippen LogP contribution is 2.36. The highest BCUT2D eigenvalue weighted by atomic mass is 15.2. The van der Waals surface area contributed by atoms with Crippen LogP contribution in [0.25, 0.3) is 11.0 Å². The predicted molar refractivity (Wildman–Crippen MR) is 97.4 cm³/mol. The van der Waals surface area contributed by atoms with E-state index in [9.17, 15) is 0 Å². The third-order valence-corrected chi connectivity index (χ3v) is 4.81. The van der Waals surface area contributed by atoms with Crippen molar-refractivity contribution < 1.29 is 0 Å². The number of anilines is 1. The molecule has 5 heteroatoms. The van der Waals surface area contributed by atoms with Gasteiger partial charge in [-0.1, -0.05) is 30.3 Å². The summed E-state index contributed by atoms with van der Waals surface area (Å²) in [5.41, 5.74) is 4.58. The van der Waals surface area contributed by atoms with Crippen molar-refractivity contribution >= 4 is 17.0 Å². The van der Waals surface area contributed by atoms with Gasteiger partial charge in [0, 0.05) is 32.3 Å². The second kappa shape index (κ2) is 6.24. The second-order valence-corrected chi connectivity index (χ2v) is 6.68. The average molecular weight is 321 g/mol. The zero-order valence-electron chi connectivity index (χ0n) is 14.2. The van der Waals surface area contributed by atoms with E-state index < -0.39 is 0 Å². The lowest BCUT2D eigenvalue weighted by molar-refractivity contribution is 0.366. The third kappa shape index (κ3) is 2.76. The largest absolute Gasteiger partial charge is 0.358 e. The van der Waals surface area contributed by atoms with Crippen LogP contribution < -0.4 is 10.2 Å². The number of piperidine rings is 1. The molecule has 0 bridgehead atoms. The number of aromatic amines is 1.